The molecule has 2 rings (SSSR count). The first-order valence-corrected chi connectivity index (χ1v) is 6.98. The van der Waals surface area contributed by atoms with Gasteiger partial charge in [0, 0.05) is 29.4 Å². The molecule has 1 amide bonds. The highest BCUT2D eigenvalue weighted by Gasteiger charge is 2.18. The largest absolute Gasteiger partial charge is 0.340 e. The first-order chi connectivity index (χ1) is 8.58. The average molecular weight is 330 g/mol. The normalized spacial score (nSPS) is 12.4. The van der Waals surface area contributed by atoms with E-state index in [4.69, 9.17) is 0 Å². The van der Waals surface area contributed by atoms with Crippen LogP contribution in [0, 0.1) is 0 Å². The number of nitrogens with zero attached hydrogens (tertiary/aromatic N) is 4. The van der Waals surface area contributed by atoms with Crippen molar-refractivity contribution in [1.29, 1.82) is 0 Å². The number of carbonyl (C=O) groups is 1. The van der Waals surface area contributed by atoms with Crippen LogP contribution in [0.1, 0.15) is 28.3 Å². The van der Waals surface area contributed by atoms with Crippen molar-refractivity contribution >= 4 is 33.2 Å². The lowest BCUT2D eigenvalue weighted by molar-refractivity contribution is 0.0792. The van der Waals surface area contributed by atoms with E-state index in [1.807, 2.05) is 18.4 Å². The van der Waals surface area contributed by atoms with Crippen LogP contribution in [0.3, 0.4) is 0 Å². The molecule has 0 aliphatic rings. The third-order valence-corrected chi connectivity index (χ3v) is 4.15. The zero-order chi connectivity index (χ0) is 13.1. The predicted molar refractivity (Wildman–Crippen MR) is 71.6 cm³/mol. The van der Waals surface area contributed by atoms with Crippen LogP contribution < -0.4 is 0 Å². The van der Waals surface area contributed by atoms with Crippen molar-refractivity contribution in [3.8, 4) is 0 Å². The van der Waals surface area contributed by atoms with E-state index in [-0.39, 0.29) is 11.8 Å². The van der Waals surface area contributed by atoms with Crippen molar-refractivity contribution in [3.63, 3.8) is 0 Å². The summed E-state index contributed by atoms with van der Waals surface area (Å²) in [7, 11) is 1.77. The summed E-state index contributed by atoms with van der Waals surface area (Å²) in [6.07, 6.45) is 0. The number of H-pyrrole nitrogens is 1. The number of hydrogen-bond acceptors (Lipinski definition) is 5. The number of likely N-dealkylation sites (N-methyl/N-ethyl adjacent to an activating group) is 1. The number of hydrogen-bond donors (Lipinski definition) is 1. The smallest absolute Gasteiger partial charge is 0.263 e. The van der Waals surface area contributed by atoms with Crippen molar-refractivity contribution in [2.24, 2.45) is 0 Å². The molecule has 0 aliphatic carbocycles. The van der Waals surface area contributed by atoms with E-state index in [2.05, 4.69) is 36.6 Å². The number of carbonyl (C=O) groups excluding carboxylic acids is 1. The second-order valence-corrected chi connectivity index (χ2v) is 5.81. The van der Waals surface area contributed by atoms with Crippen LogP contribution in [0.5, 0.6) is 0 Å². The molecule has 0 spiro atoms. The number of amides is 1. The third-order valence-electron chi connectivity index (χ3n) is 2.48. The minimum absolute atomic E-state index is 0.000967. The van der Waals surface area contributed by atoms with E-state index in [0.29, 0.717) is 17.2 Å². The van der Waals surface area contributed by atoms with Crippen LogP contribution in [0.2, 0.25) is 0 Å². The van der Waals surface area contributed by atoms with Crippen LogP contribution >= 0.6 is 27.3 Å². The molecule has 1 N–H and O–H groups in total. The quantitative estimate of drug-likeness (QED) is 0.929. The van der Waals surface area contributed by atoms with Crippen molar-refractivity contribution in [1.82, 2.24) is 25.5 Å². The highest BCUT2D eigenvalue weighted by molar-refractivity contribution is 9.10. The Kier molecular flexibility index (Phi) is 4.07. The maximum absolute atomic E-state index is 12.1. The lowest BCUT2D eigenvalue weighted by atomic mass is 10.1. The number of aromatic nitrogens is 4. The fraction of sp³-hybridized carbons (Fsp3) is 0.400. The van der Waals surface area contributed by atoms with Gasteiger partial charge in [0.05, 0.1) is 4.88 Å². The van der Waals surface area contributed by atoms with Gasteiger partial charge < -0.3 is 4.90 Å². The molecular formula is C10H12BrN5OS. The molecule has 0 unspecified atom stereocenters. The van der Waals surface area contributed by atoms with E-state index in [1.54, 1.807) is 11.9 Å². The van der Waals surface area contributed by atoms with Gasteiger partial charge in [0.15, 0.2) is 5.82 Å². The molecule has 8 heteroatoms. The Morgan fingerprint density at radius 3 is 3.00 bits per heavy atom. The van der Waals surface area contributed by atoms with Crippen molar-refractivity contribution in [2.45, 2.75) is 12.8 Å². The summed E-state index contributed by atoms with van der Waals surface area (Å²) in [4.78, 5) is 14.5. The molecule has 2 aromatic rings. The predicted octanol–water partition coefficient (Wildman–Crippen LogP) is 1.90. The maximum Gasteiger partial charge on any atom is 0.263 e. The first kappa shape index (κ1) is 13.2. The van der Waals surface area contributed by atoms with Gasteiger partial charge in [-0.3, -0.25) is 4.79 Å². The summed E-state index contributed by atoms with van der Waals surface area (Å²) in [5, 5.41) is 15.6. The molecule has 0 aliphatic heterocycles. The van der Waals surface area contributed by atoms with Gasteiger partial charge in [-0.25, -0.2) is 0 Å². The lowest BCUT2D eigenvalue weighted by Gasteiger charge is -2.19. The average Bonchev–Trinajstić information content (AvgIpc) is 2.98. The first-order valence-electron chi connectivity index (χ1n) is 5.30. The molecule has 2 aromatic heterocycles. The van der Waals surface area contributed by atoms with Crippen LogP contribution in [0.25, 0.3) is 0 Å². The van der Waals surface area contributed by atoms with Crippen LogP contribution in [-0.2, 0) is 0 Å². The van der Waals surface area contributed by atoms with Crippen molar-refractivity contribution in [3.05, 3.63) is 26.6 Å². The SMILES string of the molecule is C[C@@H](CN(C)C(=O)c1cc(Br)cs1)c1nn[nH]n1. The summed E-state index contributed by atoms with van der Waals surface area (Å²) < 4.78 is 0.926. The zero-order valence-corrected chi connectivity index (χ0v) is 12.3. The number of tetrazole rings is 1. The standard InChI is InChI=1S/C10H12BrN5OS/c1-6(9-12-14-15-13-9)4-16(2)10(17)8-3-7(11)5-18-8/h3,5-6H,4H2,1-2H3,(H,12,13,14,15)/t6-/m0/s1. The zero-order valence-electron chi connectivity index (χ0n) is 9.92. The van der Waals surface area contributed by atoms with Crippen LogP contribution in [-0.4, -0.2) is 45.0 Å². The van der Waals surface area contributed by atoms with Gasteiger partial charge in [-0.05, 0) is 22.0 Å². The van der Waals surface area contributed by atoms with E-state index >= 15 is 0 Å². The minimum Gasteiger partial charge on any atom is -0.340 e. The maximum atomic E-state index is 12.1. The van der Waals surface area contributed by atoms with Gasteiger partial charge in [0.25, 0.3) is 5.91 Å². The Labute approximate surface area is 117 Å². The molecule has 0 radical (unpaired) electrons. The second-order valence-electron chi connectivity index (χ2n) is 3.99. The number of thiophene rings is 1. The number of halogens is 1. The van der Waals surface area contributed by atoms with Gasteiger partial charge >= 0.3 is 0 Å². The minimum atomic E-state index is 0.000967. The molecule has 0 saturated carbocycles. The fourth-order valence-electron chi connectivity index (χ4n) is 1.57. The monoisotopic (exact) mass is 329 g/mol. The molecule has 2 heterocycles. The van der Waals surface area contributed by atoms with E-state index in [1.165, 1.54) is 11.3 Å². The van der Waals surface area contributed by atoms with Gasteiger partial charge in [-0.15, -0.1) is 21.5 Å². The molecule has 0 bridgehead atoms. The Morgan fingerprint density at radius 1 is 1.67 bits per heavy atom. The summed E-state index contributed by atoms with van der Waals surface area (Å²) in [6.45, 7) is 2.51. The van der Waals surface area contributed by atoms with Crippen molar-refractivity contribution < 1.29 is 4.79 Å². The molecule has 0 saturated heterocycles. The number of nitrogens with one attached hydrogen (secondary N) is 1. The number of rotatable bonds is 4. The topological polar surface area (TPSA) is 74.8 Å². The Balaban J connectivity index is 1.99. The van der Waals surface area contributed by atoms with Gasteiger partial charge in [-0.1, -0.05) is 12.1 Å². The van der Waals surface area contributed by atoms with Gasteiger partial charge in [0.1, 0.15) is 0 Å². The fourth-order valence-corrected chi connectivity index (χ4v) is 2.99. The molecule has 0 aromatic carbocycles. The highest BCUT2D eigenvalue weighted by Crippen LogP contribution is 2.21. The lowest BCUT2D eigenvalue weighted by Crippen LogP contribution is -2.30. The number of aromatic amines is 1. The van der Waals surface area contributed by atoms with Crippen LogP contribution in [0.4, 0.5) is 0 Å². The summed E-state index contributed by atoms with van der Waals surface area (Å²) in [5.74, 6) is 0.657. The Morgan fingerprint density at radius 2 is 2.44 bits per heavy atom. The summed E-state index contributed by atoms with van der Waals surface area (Å²) in [6, 6.07) is 1.82. The molecule has 96 valence electrons. The molecular weight excluding hydrogens is 318 g/mol. The summed E-state index contributed by atoms with van der Waals surface area (Å²) >= 11 is 4.76. The molecule has 0 fully saturated rings. The van der Waals surface area contributed by atoms with Crippen LogP contribution in [0.15, 0.2) is 15.9 Å². The van der Waals surface area contributed by atoms with E-state index < -0.39 is 0 Å². The van der Waals surface area contributed by atoms with Crippen molar-refractivity contribution in [2.75, 3.05) is 13.6 Å². The molecule has 6 nitrogen and oxygen atoms in total. The Hall–Kier alpha value is -1.28. The Bertz CT molecular complexity index is 526. The highest BCUT2D eigenvalue weighted by atomic mass is 79.9. The van der Waals surface area contributed by atoms with Gasteiger partial charge in [-0.2, -0.15) is 5.21 Å². The van der Waals surface area contributed by atoms with E-state index in [0.717, 1.165) is 4.47 Å². The van der Waals surface area contributed by atoms with Gasteiger partial charge in [0.2, 0.25) is 0 Å². The second kappa shape index (κ2) is 5.57. The third kappa shape index (κ3) is 2.94. The molecule has 18 heavy (non-hydrogen) atoms. The van der Waals surface area contributed by atoms with E-state index in [9.17, 15) is 4.79 Å². The summed E-state index contributed by atoms with van der Waals surface area (Å²) in [5.41, 5.74) is 0. The molecule has 1 atom stereocenters.